The molecule has 5 nitrogen and oxygen atoms in total. The van der Waals surface area contributed by atoms with Crippen molar-refractivity contribution in [2.75, 3.05) is 10.6 Å². The van der Waals surface area contributed by atoms with Gasteiger partial charge in [0.05, 0.1) is 5.69 Å². The maximum Gasteiger partial charge on any atom is 0.387 e. The predicted octanol–water partition coefficient (Wildman–Crippen LogP) is 4.51. The van der Waals surface area contributed by atoms with Gasteiger partial charge in [0, 0.05) is 23.2 Å². The minimum atomic E-state index is -2.94. The van der Waals surface area contributed by atoms with E-state index in [1.807, 2.05) is 6.92 Å². The lowest BCUT2D eigenvalue weighted by molar-refractivity contribution is -0.0493. The number of thiocarbonyl (C=S) groups is 1. The number of hydrogen-bond donors (Lipinski definition) is 2. The first-order valence-corrected chi connectivity index (χ1v) is 7.99. The van der Waals surface area contributed by atoms with Gasteiger partial charge in [-0.2, -0.15) is 8.78 Å². The fourth-order valence-electron chi connectivity index (χ4n) is 2.46. The lowest BCUT2D eigenvalue weighted by Gasteiger charge is -2.14. The highest BCUT2D eigenvalue weighted by Gasteiger charge is 2.10. The van der Waals surface area contributed by atoms with Crippen LogP contribution in [0.2, 0.25) is 0 Å². The monoisotopic (exact) mass is 376 g/mol. The lowest BCUT2D eigenvalue weighted by Crippen LogP contribution is -2.20. The summed E-state index contributed by atoms with van der Waals surface area (Å²) in [5.41, 5.74) is 1.67. The van der Waals surface area contributed by atoms with Crippen molar-refractivity contribution in [2.24, 2.45) is 0 Å². The van der Waals surface area contributed by atoms with Crippen LogP contribution >= 0.6 is 12.2 Å². The maximum atomic E-state index is 12.5. The van der Waals surface area contributed by atoms with Crippen LogP contribution in [0.4, 0.5) is 20.2 Å². The van der Waals surface area contributed by atoms with Crippen LogP contribution < -0.4 is 21.0 Å². The molecule has 0 atom stereocenters. The van der Waals surface area contributed by atoms with Crippen molar-refractivity contribution in [3.8, 4) is 5.75 Å². The van der Waals surface area contributed by atoms with Gasteiger partial charge in [0.15, 0.2) is 5.11 Å². The van der Waals surface area contributed by atoms with Crippen LogP contribution in [-0.4, -0.2) is 11.7 Å². The number of aryl methyl sites for hydroxylation is 1. The third-order valence-electron chi connectivity index (χ3n) is 3.56. The molecule has 0 aliphatic heterocycles. The molecule has 0 unspecified atom stereocenters. The van der Waals surface area contributed by atoms with E-state index in [1.165, 1.54) is 12.1 Å². The van der Waals surface area contributed by atoms with Crippen molar-refractivity contribution in [3.63, 3.8) is 0 Å². The van der Waals surface area contributed by atoms with Gasteiger partial charge in [0.25, 0.3) is 0 Å². The molecule has 3 rings (SSSR count). The second-order valence-corrected chi connectivity index (χ2v) is 5.82. The highest BCUT2D eigenvalue weighted by atomic mass is 32.1. The van der Waals surface area contributed by atoms with Crippen molar-refractivity contribution in [3.05, 3.63) is 64.5 Å². The summed E-state index contributed by atoms with van der Waals surface area (Å²) in [6.45, 7) is -1.12. The Labute approximate surface area is 152 Å². The Morgan fingerprint density at radius 2 is 1.92 bits per heavy atom. The zero-order valence-electron chi connectivity index (χ0n) is 13.6. The quantitative estimate of drug-likeness (QED) is 0.516. The molecule has 2 aromatic carbocycles. The van der Waals surface area contributed by atoms with E-state index in [0.717, 1.165) is 10.9 Å². The molecule has 3 aromatic rings. The molecule has 0 aliphatic rings. The third-order valence-corrected chi connectivity index (χ3v) is 3.76. The van der Waals surface area contributed by atoms with E-state index >= 15 is 0 Å². The van der Waals surface area contributed by atoms with Crippen LogP contribution in [-0.2, 0) is 0 Å². The molecule has 0 saturated heterocycles. The minimum absolute atomic E-state index is 0.0215. The van der Waals surface area contributed by atoms with Gasteiger partial charge >= 0.3 is 12.2 Å². The number of para-hydroxylation sites is 2. The summed E-state index contributed by atoms with van der Waals surface area (Å²) in [6.07, 6.45) is 0. The first-order valence-electron chi connectivity index (χ1n) is 7.59. The van der Waals surface area contributed by atoms with Gasteiger partial charge in [-0.15, -0.1) is 0 Å². The van der Waals surface area contributed by atoms with E-state index < -0.39 is 12.2 Å². The molecule has 0 aliphatic carbocycles. The van der Waals surface area contributed by atoms with Crippen molar-refractivity contribution in [1.82, 2.24) is 0 Å². The van der Waals surface area contributed by atoms with Crippen molar-refractivity contribution in [2.45, 2.75) is 13.5 Å². The molecule has 2 N–H and O–H groups in total. The zero-order chi connectivity index (χ0) is 18.7. The van der Waals surface area contributed by atoms with E-state index in [2.05, 4.69) is 15.4 Å². The van der Waals surface area contributed by atoms with E-state index in [1.54, 1.807) is 36.4 Å². The molecule has 134 valence electrons. The summed E-state index contributed by atoms with van der Waals surface area (Å²) >= 11 is 5.21. The summed E-state index contributed by atoms with van der Waals surface area (Å²) < 4.78 is 34.6. The topological polar surface area (TPSA) is 63.5 Å². The second-order valence-electron chi connectivity index (χ2n) is 5.41. The molecule has 0 bridgehead atoms. The number of nitrogens with one attached hydrogen (secondary N) is 2. The molecular weight excluding hydrogens is 362 g/mol. The summed E-state index contributed by atoms with van der Waals surface area (Å²) in [5, 5.41) is 6.70. The average Bonchev–Trinajstić information content (AvgIpc) is 2.55. The molecule has 0 spiro atoms. The van der Waals surface area contributed by atoms with E-state index in [4.69, 9.17) is 16.6 Å². The summed E-state index contributed by atoms with van der Waals surface area (Å²) in [7, 11) is 0. The minimum Gasteiger partial charge on any atom is -0.433 e. The standard InChI is InChI=1S/C18H14F2N2O3S/c1-10-8-16(23)24-15-9-11(6-7-12(10)15)21-18(26)22-13-4-2-3-5-14(13)25-17(19)20/h2-9,17H,1H3,(H2,21,22,26). The first-order chi connectivity index (χ1) is 12.4. The number of fused-ring (bicyclic) bond motifs is 1. The number of benzene rings is 2. The van der Waals surface area contributed by atoms with Crippen LogP contribution in [0.15, 0.2) is 57.7 Å². The van der Waals surface area contributed by atoms with E-state index in [9.17, 15) is 13.6 Å². The number of hydrogen-bond acceptors (Lipinski definition) is 4. The highest BCUT2D eigenvalue weighted by molar-refractivity contribution is 7.80. The van der Waals surface area contributed by atoms with Gasteiger partial charge in [-0.25, -0.2) is 4.79 Å². The zero-order valence-corrected chi connectivity index (χ0v) is 14.4. The SMILES string of the molecule is Cc1cc(=O)oc2cc(NC(=S)Nc3ccccc3OC(F)F)ccc12. The Hall–Kier alpha value is -3.00. The maximum absolute atomic E-state index is 12.5. The Balaban J connectivity index is 1.79. The normalized spacial score (nSPS) is 10.8. The summed E-state index contributed by atoms with van der Waals surface area (Å²) in [6, 6.07) is 12.8. The first kappa shape index (κ1) is 17.8. The van der Waals surface area contributed by atoms with Crippen molar-refractivity contribution >= 4 is 39.7 Å². The van der Waals surface area contributed by atoms with Crippen LogP contribution in [0.5, 0.6) is 5.75 Å². The molecule has 1 aromatic heterocycles. The molecule has 0 radical (unpaired) electrons. The number of ether oxygens (including phenoxy) is 1. The average molecular weight is 376 g/mol. The van der Waals surface area contributed by atoms with Gasteiger partial charge in [0.2, 0.25) is 0 Å². The Morgan fingerprint density at radius 3 is 2.69 bits per heavy atom. The Kier molecular flexibility index (Phi) is 5.13. The molecule has 0 saturated carbocycles. The molecule has 8 heteroatoms. The highest BCUT2D eigenvalue weighted by Crippen LogP contribution is 2.26. The third kappa shape index (κ3) is 4.15. The van der Waals surface area contributed by atoms with Gasteiger partial charge < -0.3 is 19.8 Å². The smallest absolute Gasteiger partial charge is 0.387 e. The van der Waals surface area contributed by atoms with Gasteiger partial charge in [-0.3, -0.25) is 0 Å². The van der Waals surface area contributed by atoms with E-state index in [-0.39, 0.29) is 10.9 Å². The number of rotatable bonds is 4. The molecule has 1 heterocycles. The fraction of sp³-hybridized carbons (Fsp3) is 0.111. The fourth-order valence-corrected chi connectivity index (χ4v) is 2.68. The van der Waals surface area contributed by atoms with E-state index in [0.29, 0.717) is 17.0 Å². The second kappa shape index (κ2) is 7.49. The van der Waals surface area contributed by atoms with Gasteiger partial charge in [-0.05, 0) is 49.0 Å². The molecular formula is C18H14F2N2O3S. The summed E-state index contributed by atoms with van der Waals surface area (Å²) in [5.74, 6) is -0.0215. The van der Waals surface area contributed by atoms with Crippen LogP contribution in [0.1, 0.15) is 5.56 Å². The number of anilines is 2. The van der Waals surface area contributed by atoms with Crippen LogP contribution in [0.3, 0.4) is 0 Å². The van der Waals surface area contributed by atoms with Gasteiger partial charge in [0.1, 0.15) is 11.3 Å². The Morgan fingerprint density at radius 1 is 1.15 bits per heavy atom. The van der Waals surface area contributed by atoms with Gasteiger partial charge in [-0.1, -0.05) is 12.1 Å². The lowest BCUT2D eigenvalue weighted by atomic mass is 10.1. The largest absolute Gasteiger partial charge is 0.433 e. The molecule has 0 amide bonds. The number of alkyl halides is 2. The molecule has 0 fully saturated rings. The molecule has 26 heavy (non-hydrogen) atoms. The summed E-state index contributed by atoms with van der Waals surface area (Å²) in [4.78, 5) is 11.5. The van der Waals surface area contributed by atoms with Crippen LogP contribution in [0, 0.1) is 6.92 Å². The number of halogens is 2. The Bertz CT molecular complexity index is 1020. The van der Waals surface area contributed by atoms with Crippen molar-refractivity contribution in [1.29, 1.82) is 0 Å². The van der Waals surface area contributed by atoms with Crippen LogP contribution in [0.25, 0.3) is 11.0 Å². The van der Waals surface area contributed by atoms with Crippen molar-refractivity contribution < 1.29 is 17.9 Å². The predicted molar refractivity (Wildman–Crippen MR) is 100 cm³/mol.